The Bertz CT molecular complexity index is 433. The minimum Gasteiger partial charge on any atom is -0.282 e. The average Bonchev–Trinajstić information content (AvgIpc) is 2.88. The van der Waals surface area contributed by atoms with Crippen molar-refractivity contribution in [1.29, 1.82) is 0 Å². The summed E-state index contributed by atoms with van der Waals surface area (Å²) in [6.45, 7) is 4.43. The van der Waals surface area contributed by atoms with Crippen LogP contribution < -0.4 is 0 Å². The monoisotopic (exact) mass is 245 g/mol. The van der Waals surface area contributed by atoms with E-state index < -0.39 is 0 Å². The van der Waals surface area contributed by atoms with Gasteiger partial charge in [0.1, 0.15) is 5.82 Å². The van der Waals surface area contributed by atoms with E-state index in [1.165, 1.54) is 17.7 Å². The molecular formula is C16H20FN. The Balaban J connectivity index is 1.96. The van der Waals surface area contributed by atoms with Gasteiger partial charge >= 0.3 is 0 Å². The minimum atomic E-state index is -0.167. The molecule has 2 rings (SSSR count). The van der Waals surface area contributed by atoms with E-state index in [0.29, 0.717) is 5.92 Å². The molecule has 1 heterocycles. The number of allylic oxidation sites excluding steroid dienone is 1. The van der Waals surface area contributed by atoms with Crippen molar-refractivity contribution in [3.63, 3.8) is 0 Å². The SMILES string of the molecule is CCC1(C(C)CCc2ccc(F)cc2)C=CC=N1. The molecule has 0 N–H and O–H groups in total. The standard InChI is InChI=1S/C16H20FN/c1-3-16(11-4-12-18-16)13(2)5-6-14-7-9-15(17)10-8-14/h4,7-13H,3,5-6H2,1-2H3. The molecule has 1 aliphatic heterocycles. The van der Waals surface area contributed by atoms with Crippen LogP contribution in [-0.4, -0.2) is 11.8 Å². The highest BCUT2D eigenvalue weighted by molar-refractivity contribution is 5.75. The predicted octanol–water partition coefficient (Wildman–Crippen LogP) is 4.18. The summed E-state index contributed by atoms with van der Waals surface area (Å²) in [6, 6.07) is 6.80. The summed E-state index contributed by atoms with van der Waals surface area (Å²) >= 11 is 0. The van der Waals surface area contributed by atoms with Crippen LogP contribution in [-0.2, 0) is 6.42 Å². The molecule has 96 valence electrons. The van der Waals surface area contributed by atoms with Gasteiger partial charge in [-0.15, -0.1) is 0 Å². The zero-order valence-electron chi connectivity index (χ0n) is 11.1. The van der Waals surface area contributed by atoms with Crippen molar-refractivity contribution in [3.05, 3.63) is 47.8 Å². The van der Waals surface area contributed by atoms with Gasteiger partial charge in [-0.25, -0.2) is 4.39 Å². The van der Waals surface area contributed by atoms with Crippen LogP contribution in [0.1, 0.15) is 32.3 Å². The van der Waals surface area contributed by atoms with Crippen molar-refractivity contribution in [1.82, 2.24) is 0 Å². The molecule has 0 aromatic heterocycles. The average molecular weight is 245 g/mol. The Hall–Kier alpha value is -1.44. The highest BCUT2D eigenvalue weighted by atomic mass is 19.1. The molecule has 2 heteroatoms. The Morgan fingerprint density at radius 2 is 2.00 bits per heavy atom. The minimum absolute atomic E-state index is 0.0139. The fraction of sp³-hybridized carbons (Fsp3) is 0.438. The summed E-state index contributed by atoms with van der Waals surface area (Å²) in [7, 11) is 0. The number of halogens is 1. The molecule has 1 aliphatic rings. The van der Waals surface area contributed by atoms with E-state index in [1.54, 1.807) is 0 Å². The maximum Gasteiger partial charge on any atom is 0.123 e. The first-order chi connectivity index (χ1) is 8.66. The molecule has 0 saturated carbocycles. The van der Waals surface area contributed by atoms with Gasteiger partial charge < -0.3 is 0 Å². The van der Waals surface area contributed by atoms with Crippen molar-refractivity contribution in [2.24, 2.45) is 10.9 Å². The number of nitrogens with zero attached hydrogens (tertiary/aromatic N) is 1. The Morgan fingerprint density at radius 3 is 2.56 bits per heavy atom. The van der Waals surface area contributed by atoms with E-state index in [2.05, 4.69) is 24.9 Å². The maximum absolute atomic E-state index is 12.8. The van der Waals surface area contributed by atoms with Crippen molar-refractivity contribution in [2.75, 3.05) is 0 Å². The molecule has 0 saturated heterocycles. The van der Waals surface area contributed by atoms with Crippen LogP contribution in [0.5, 0.6) is 0 Å². The van der Waals surface area contributed by atoms with Crippen LogP contribution >= 0.6 is 0 Å². The van der Waals surface area contributed by atoms with Gasteiger partial charge in [-0.3, -0.25) is 4.99 Å². The fourth-order valence-electron chi connectivity index (χ4n) is 2.57. The molecule has 0 fully saturated rings. The molecular weight excluding hydrogens is 225 g/mol. The van der Waals surface area contributed by atoms with Gasteiger partial charge in [0.05, 0.1) is 5.54 Å². The molecule has 0 radical (unpaired) electrons. The Labute approximate surface area is 108 Å². The van der Waals surface area contributed by atoms with Gasteiger partial charge in [0.2, 0.25) is 0 Å². The first kappa shape index (κ1) is 13.0. The lowest BCUT2D eigenvalue weighted by atomic mass is 9.80. The summed E-state index contributed by atoms with van der Waals surface area (Å²) in [5, 5.41) is 0. The van der Waals surface area contributed by atoms with Crippen LogP contribution in [0, 0.1) is 11.7 Å². The summed E-state index contributed by atoms with van der Waals surface area (Å²) in [6.07, 6.45) is 9.23. The highest BCUT2D eigenvalue weighted by Gasteiger charge is 2.31. The highest BCUT2D eigenvalue weighted by Crippen LogP contribution is 2.33. The van der Waals surface area contributed by atoms with Crippen LogP contribution in [0.3, 0.4) is 0 Å². The zero-order valence-corrected chi connectivity index (χ0v) is 11.1. The fourth-order valence-corrected chi connectivity index (χ4v) is 2.57. The van der Waals surface area contributed by atoms with Crippen molar-refractivity contribution >= 4 is 6.21 Å². The summed E-state index contributed by atoms with van der Waals surface area (Å²) in [4.78, 5) is 4.62. The van der Waals surface area contributed by atoms with E-state index in [-0.39, 0.29) is 11.4 Å². The quantitative estimate of drug-likeness (QED) is 0.737. The molecule has 1 aromatic carbocycles. The molecule has 2 atom stereocenters. The third kappa shape index (κ3) is 2.69. The summed E-state index contributed by atoms with van der Waals surface area (Å²) in [5.41, 5.74) is 1.18. The third-order valence-corrected chi connectivity index (χ3v) is 3.98. The normalized spacial score (nSPS) is 23.5. The third-order valence-electron chi connectivity index (χ3n) is 3.98. The Kier molecular flexibility index (Phi) is 3.95. The van der Waals surface area contributed by atoms with Gasteiger partial charge in [-0.2, -0.15) is 0 Å². The smallest absolute Gasteiger partial charge is 0.123 e. The summed E-state index contributed by atoms with van der Waals surface area (Å²) in [5.74, 6) is 0.336. The van der Waals surface area contributed by atoms with Gasteiger partial charge in [0.15, 0.2) is 0 Å². The van der Waals surface area contributed by atoms with E-state index in [4.69, 9.17) is 0 Å². The maximum atomic E-state index is 12.8. The van der Waals surface area contributed by atoms with Crippen molar-refractivity contribution < 1.29 is 4.39 Å². The molecule has 0 aliphatic carbocycles. The van der Waals surface area contributed by atoms with Crippen molar-refractivity contribution in [3.8, 4) is 0 Å². The second-order valence-electron chi connectivity index (χ2n) is 5.05. The molecule has 18 heavy (non-hydrogen) atoms. The molecule has 0 spiro atoms. The van der Waals surface area contributed by atoms with Gasteiger partial charge in [-0.1, -0.05) is 32.1 Å². The topological polar surface area (TPSA) is 12.4 Å². The van der Waals surface area contributed by atoms with Gasteiger partial charge in [0, 0.05) is 6.21 Å². The van der Waals surface area contributed by atoms with E-state index in [1.807, 2.05) is 24.4 Å². The second-order valence-corrected chi connectivity index (χ2v) is 5.05. The van der Waals surface area contributed by atoms with Gasteiger partial charge in [-0.05, 0) is 49.0 Å². The lowest BCUT2D eigenvalue weighted by Crippen LogP contribution is -2.30. The molecule has 0 bridgehead atoms. The van der Waals surface area contributed by atoms with E-state index in [9.17, 15) is 4.39 Å². The number of hydrogen-bond acceptors (Lipinski definition) is 1. The number of hydrogen-bond donors (Lipinski definition) is 0. The number of benzene rings is 1. The first-order valence-electron chi connectivity index (χ1n) is 6.64. The lowest BCUT2D eigenvalue weighted by molar-refractivity contribution is 0.336. The lowest BCUT2D eigenvalue weighted by Gasteiger charge is -2.30. The summed E-state index contributed by atoms with van der Waals surface area (Å²) < 4.78 is 12.8. The molecule has 1 nitrogen and oxygen atoms in total. The Morgan fingerprint density at radius 1 is 1.28 bits per heavy atom. The molecule has 0 amide bonds. The van der Waals surface area contributed by atoms with Crippen molar-refractivity contribution in [2.45, 2.75) is 38.6 Å². The number of aliphatic imine (C=N–C) groups is 1. The van der Waals surface area contributed by atoms with Crippen LogP contribution in [0.15, 0.2) is 41.4 Å². The molecule has 2 unspecified atom stereocenters. The number of rotatable bonds is 5. The van der Waals surface area contributed by atoms with Crippen LogP contribution in [0.4, 0.5) is 4.39 Å². The molecule has 1 aromatic rings. The largest absolute Gasteiger partial charge is 0.282 e. The van der Waals surface area contributed by atoms with E-state index >= 15 is 0 Å². The zero-order chi connectivity index (χ0) is 13.0. The van der Waals surface area contributed by atoms with Crippen LogP contribution in [0.2, 0.25) is 0 Å². The first-order valence-corrected chi connectivity index (χ1v) is 6.64. The predicted molar refractivity (Wildman–Crippen MR) is 74.5 cm³/mol. The van der Waals surface area contributed by atoms with E-state index in [0.717, 1.165) is 19.3 Å². The second kappa shape index (κ2) is 5.47. The number of aryl methyl sites for hydroxylation is 1. The van der Waals surface area contributed by atoms with Gasteiger partial charge in [0.25, 0.3) is 0 Å². The van der Waals surface area contributed by atoms with Crippen LogP contribution in [0.25, 0.3) is 0 Å².